The van der Waals surface area contributed by atoms with Crippen molar-refractivity contribution in [3.63, 3.8) is 0 Å². The molecule has 1 aliphatic heterocycles. The molecule has 3 aromatic heterocycles. The predicted octanol–water partition coefficient (Wildman–Crippen LogP) is 1.91. The zero-order chi connectivity index (χ0) is 21.4. The summed E-state index contributed by atoms with van der Waals surface area (Å²) in [5, 5.41) is 11.2. The number of aryl methyl sites for hydroxylation is 1. The van der Waals surface area contributed by atoms with Crippen molar-refractivity contribution in [1.29, 1.82) is 0 Å². The van der Waals surface area contributed by atoms with Crippen LogP contribution in [0.2, 0.25) is 0 Å². The molecule has 1 aromatic carbocycles. The highest BCUT2D eigenvalue weighted by molar-refractivity contribution is 6.05. The van der Waals surface area contributed by atoms with Crippen LogP contribution in [0.25, 0.3) is 10.9 Å². The molecule has 0 radical (unpaired) electrons. The molecule has 164 valence electrons. The van der Waals surface area contributed by atoms with Crippen LogP contribution in [0.3, 0.4) is 0 Å². The smallest absolute Gasteiger partial charge is 0.239 e. The van der Waals surface area contributed by atoms with Gasteiger partial charge in [0.15, 0.2) is 11.5 Å². The third-order valence-corrected chi connectivity index (χ3v) is 5.03. The van der Waals surface area contributed by atoms with E-state index in [0.29, 0.717) is 58.5 Å². The van der Waals surface area contributed by atoms with Crippen LogP contribution in [0.5, 0.6) is 11.5 Å². The largest absolute Gasteiger partial charge is 0.493 e. The quantitative estimate of drug-likeness (QED) is 0.464. The molecule has 0 aliphatic carbocycles. The van der Waals surface area contributed by atoms with Gasteiger partial charge in [0.1, 0.15) is 30.5 Å². The molecule has 4 heterocycles. The summed E-state index contributed by atoms with van der Waals surface area (Å²) in [6.07, 6.45) is 6.46. The minimum atomic E-state index is -0.634. The van der Waals surface area contributed by atoms with Gasteiger partial charge in [0.05, 0.1) is 31.1 Å². The maximum atomic E-state index is 12.8. The molecular weight excluding hydrogens is 436 g/mol. The number of halogens is 1. The van der Waals surface area contributed by atoms with Crippen LogP contribution in [0.1, 0.15) is 23.0 Å². The highest BCUT2D eigenvalue weighted by Crippen LogP contribution is 2.39. The zero-order valence-electron chi connectivity index (χ0n) is 17.2. The Labute approximate surface area is 188 Å². The van der Waals surface area contributed by atoms with Crippen molar-refractivity contribution in [2.24, 2.45) is 0 Å². The van der Waals surface area contributed by atoms with E-state index in [2.05, 4.69) is 35.6 Å². The highest BCUT2D eigenvalue weighted by Gasteiger charge is 2.36. The molecule has 4 aromatic rings. The van der Waals surface area contributed by atoms with Gasteiger partial charge in [-0.2, -0.15) is 0 Å². The van der Waals surface area contributed by atoms with Gasteiger partial charge in [0, 0.05) is 29.4 Å². The topological polar surface area (TPSA) is 130 Å². The summed E-state index contributed by atoms with van der Waals surface area (Å²) in [5.41, 5.74) is 1.87. The van der Waals surface area contributed by atoms with Crippen molar-refractivity contribution in [2.45, 2.75) is 19.4 Å². The summed E-state index contributed by atoms with van der Waals surface area (Å²) in [7, 11) is 1.56. The number of methoxy groups -OCH3 is 1. The number of hydrogen-bond donors (Lipinski definition) is 1. The van der Waals surface area contributed by atoms with E-state index in [4.69, 9.17) is 9.47 Å². The molecule has 32 heavy (non-hydrogen) atoms. The molecule has 0 saturated heterocycles. The lowest BCUT2D eigenvalue weighted by molar-refractivity contribution is -0.116. The number of anilines is 1. The van der Waals surface area contributed by atoms with Crippen molar-refractivity contribution in [1.82, 2.24) is 34.9 Å². The number of ether oxygens (including phenoxy) is 2. The second-order valence-corrected chi connectivity index (χ2v) is 6.94. The van der Waals surface area contributed by atoms with E-state index in [1.54, 1.807) is 49.4 Å². The fourth-order valence-corrected chi connectivity index (χ4v) is 3.58. The fourth-order valence-electron chi connectivity index (χ4n) is 3.58. The van der Waals surface area contributed by atoms with E-state index in [1.807, 2.05) is 0 Å². The standard InChI is InChI=1S/C20H18N8O3.ClH/c1-11-21-9-13-17(20(29)26-19(13)25-11)18-12-7-15(30-2)16(8-14(12)22-10-23-18)31-6-5-28-4-3-24-27-28;/h3-4,7-10,17H,5-6H2,1-2H3,(H,21,25,26,29);1H. The monoisotopic (exact) mass is 454 g/mol. The molecule has 1 N–H and O–H groups in total. The molecule has 12 heteroatoms. The van der Waals surface area contributed by atoms with Crippen molar-refractivity contribution in [3.8, 4) is 11.5 Å². The normalized spacial score (nSPS) is 14.6. The number of benzene rings is 1. The second kappa shape index (κ2) is 8.71. The lowest BCUT2D eigenvalue weighted by Crippen LogP contribution is -2.15. The van der Waals surface area contributed by atoms with Gasteiger partial charge in [-0.15, -0.1) is 17.5 Å². The first kappa shape index (κ1) is 21.4. The summed E-state index contributed by atoms with van der Waals surface area (Å²) in [4.78, 5) is 30.1. The molecule has 1 atom stereocenters. The summed E-state index contributed by atoms with van der Waals surface area (Å²) in [6.45, 7) is 2.68. The molecular formula is C20H19ClN8O3. The van der Waals surface area contributed by atoms with Gasteiger partial charge in [-0.05, 0) is 13.0 Å². The average molecular weight is 455 g/mol. The van der Waals surface area contributed by atoms with Crippen molar-refractivity contribution in [2.75, 3.05) is 19.0 Å². The van der Waals surface area contributed by atoms with Crippen molar-refractivity contribution < 1.29 is 14.3 Å². The first-order valence-corrected chi connectivity index (χ1v) is 9.58. The zero-order valence-corrected chi connectivity index (χ0v) is 18.0. The Hall–Kier alpha value is -3.86. The number of nitrogens with one attached hydrogen (secondary N) is 1. The number of fused-ring (bicyclic) bond motifs is 2. The van der Waals surface area contributed by atoms with Crippen molar-refractivity contribution in [3.05, 3.63) is 54.1 Å². The minimum Gasteiger partial charge on any atom is -0.493 e. The molecule has 0 spiro atoms. The third kappa shape index (κ3) is 3.78. The van der Waals surface area contributed by atoms with Crippen LogP contribution < -0.4 is 14.8 Å². The number of amides is 1. The maximum absolute atomic E-state index is 12.8. The van der Waals surface area contributed by atoms with Crippen LogP contribution in [-0.2, 0) is 11.3 Å². The van der Waals surface area contributed by atoms with E-state index in [-0.39, 0.29) is 18.3 Å². The fraction of sp³-hybridized carbons (Fsp3) is 0.250. The van der Waals surface area contributed by atoms with E-state index >= 15 is 0 Å². The SMILES string of the molecule is COc1cc2c(C3C(=O)Nc4nc(C)ncc43)ncnc2cc1OCCn1ccnn1.Cl. The van der Waals surface area contributed by atoms with Crippen LogP contribution in [0.4, 0.5) is 5.82 Å². The number of aromatic nitrogens is 7. The minimum absolute atomic E-state index is 0. The van der Waals surface area contributed by atoms with Crippen LogP contribution in [0.15, 0.2) is 37.1 Å². The molecule has 1 aliphatic rings. The number of carbonyl (C=O) groups is 1. The summed E-state index contributed by atoms with van der Waals surface area (Å²) in [5.74, 6) is 1.30. The highest BCUT2D eigenvalue weighted by atomic mass is 35.5. The van der Waals surface area contributed by atoms with Gasteiger partial charge in [0.2, 0.25) is 5.91 Å². The summed E-state index contributed by atoms with van der Waals surface area (Å²) in [6, 6.07) is 3.57. The Morgan fingerprint density at radius 3 is 2.84 bits per heavy atom. The van der Waals surface area contributed by atoms with Gasteiger partial charge in [-0.3, -0.25) is 4.79 Å². The van der Waals surface area contributed by atoms with Crippen molar-refractivity contribution >= 4 is 35.0 Å². The Morgan fingerprint density at radius 2 is 2.06 bits per heavy atom. The molecule has 11 nitrogen and oxygen atoms in total. The van der Waals surface area contributed by atoms with Gasteiger partial charge < -0.3 is 14.8 Å². The number of hydrogen-bond acceptors (Lipinski definition) is 9. The molecule has 5 rings (SSSR count). The summed E-state index contributed by atoms with van der Waals surface area (Å²) >= 11 is 0. The number of carbonyl (C=O) groups excluding carboxylic acids is 1. The van der Waals surface area contributed by atoms with Gasteiger partial charge in [-0.1, -0.05) is 5.21 Å². The van der Waals surface area contributed by atoms with Crippen LogP contribution in [0, 0.1) is 6.92 Å². The van der Waals surface area contributed by atoms with Crippen LogP contribution in [-0.4, -0.2) is 54.6 Å². The Bertz CT molecular complexity index is 1280. The van der Waals surface area contributed by atoms with Crippen LogP contribution >= 0.6 is 12.4 Å². The number of nitrogens with zero attached hydrogens (tertiary/aromatic N) is 7. The molecule has 1 amide bonds. The average Bonchev–Trinajstić information content (AvgIpc) is 3.39. The lowest BCUT2D eigenvalue weighted by Gasteiger charge is -2.15. The molecule has 0 fully saturated rings. The van der Waals surface area contributed by atoms with E-state index in [1.165, 1.54) is 6.33 Å². The van der Waals surface area contributed by atoms with Gasteiger partial charge in [-0.25, -0.2) is 24.6 Å². The Kier molecular flexibility index (Phi) is 5.82. The first-order valence-electron chi connectivity index (χ1n) is 9.58. The molecule has 0 saturated carbocycles. The van der Waals surface area contributed by atoms with Gasteiger partial charge >= 0.3 is 0 Å². The first-order chi connectivity index (χ1) is 15.1. The summed E-state index contributed by atoms with van der Waals surface area (Å²) < 4.78 is 13.1. The second-order valence-electron chi connectivity index (χ2n) is 6.94. The Morgan fingerprint density at radius 1 is 1.19 bits per heavy atom. The Balaban J connectivity index is 0.00000245. The van der Waals surface area contributed by atoms with E-state index < -0.39 is 5.92 Å². The number of rotatable bonds is 6. The van der Waals surface area contributed by atoms with E-state index in [0.717, 1.165) is 0 Å². The lowest BCUT2D eigenvalue weighted by atomic mass is 9.96. The molecule has 0 bridgehead atoms. The molecule has 1 unspecified atom stereocenters. The third-order valence-electron chi connectivity index (χ3n) is 5.03. The maximum Gasteiger partial charge on any atom is 0.239 e. The van der Waals surface area contributed by atoms with Gasteiger partial charge in [0.25, 0.3) is 0 Å². The van der Waals surface area contributed by atoms with E-state index in [9.17, 15) is 4.79 Å². The predicted molar refractivity (Wildman–Crippen MR) is 116 cm³/mol.